The number of hydrogen-bond acceptors (Lipinski definition) is 2. The number of ether oxygens (including phenoxy) is 1. The number of hydrogen-bond donors (Lipinski definition) is 0. The van der Waals surface area contributed by atoms with Crippen LogP contribution in [0.5, 0.6) is 0 Å². The van der Waals surface area contributed by atoms with E-state index in [-0.39, 0.29) is 20.9 Å². The van der Waals surface area contributed by atoms with E-state index in [1.54, 1.807) is 0 Å². The topological polar surface area (TPSA) is 26.3 Å². The van der Waals surface area contributed by atoms with Crippen molar-refractivity contribution in [1.82, 2.24) is 0 Å². The number of rotatable bonds is 5. The molecule has 0 saturated carbocycles. The van der Waals surface area contributed by atoms with Crippen LogP contribution < -0.4 is 0 Å². The summed E-state index contributed by atoms with van der Waals surface area (Å²) in [5.41, 5.74) is 1.90. The maximum Gasteiger partial charge on any atom is 0.311 e. The van der Waals surface area contributed by atoms with Crippen molar-refractivity contribution < 1.29 is 9.53 Å². The average molecular weight is 214 g/mol. The molecule has 82 valence electrons. The fraction of sp³-hybridized carbons (Fsp3) is 0.727. The Bertz CT molecular complexity index is 192. The Morgan fingerprint density at radius 1 is 1.43 bits per heavy atom. The molecule has 0 heterocycles. The molecule has 0 rings (SSSR count). The van der Waals surface area contributed by atoms with Crippen molar-refractivity contribution in [3.63, 3.8) is 0 Å². The summed E-state index contributed by atoms with van der Waals surface area (Å²) in [7, 11) is 0.0534. The first-order valence-corrected chi connectivity index (χ1v) is 7.53. The lowest BCUT2D eigenvalue weighted by Crippen LogP contribution is -2.23. The Morgan fingerprint density at radius 2 is 2.07 bits per heavy atom. The highest BCUT2D eigenvalue weighted by Gasteiger charge is 2.22. The first kappa shape index (κ1) is 13.4. The molecule has 0 aromatic rings. The minimum absolute atomic E-state index is 0.0534. The lowest BCUT2D eigenvalue weighted by Gasteiger charge is -2.16. The van der Waals surface area contributed by atoms with E-state index in [0.717, 1.165) is 12.8 Å². The summed E-state index contributed by atoms with van der Waals surface area (Å²) in [4.78, 5) is 11.3. The molecule has 0 spiro atoms. The second kappa shape index (κ2) is 6.82. The van der Waals surface area contributed by atoms with E-state index in [2.05, 4.69) is 18.3 Å². The van der Waals surface area contributed by atoms with E-state index in [9.17, 15) is 4.79 Å². The van der Waals surface area contributed by atoms with Crippen LogP contribution >= 0.6 is 0 Å². The van der Waals surface area contributed by atoms with Crippen molar-refractivity contribution in [2.75, 3.05) is 6.61 Å². The summed E-state index contributed by atoms with van der Waals surface area (Å²) in [6.07, 6.45) is 4.15. The normalized spacial score (nSPS) is 12.9. The van der Waals surface area contributed by atoms with Crippen molar-refractivity contribution >= 4 is 15.5 Å². The Balaban J connectivity index is 3.46. The van der Waals surface area contributed by atoms with Crippen molar-refractivity contribution in [2.24, 2.45) is 5.41 Å². The van der Waals surface area contributed by atoms with Gasteiger partial charge in [-0.25, -0.2) is 0 Å². The van der Waals surface area contributed by atoms with Gasteiger partial charge in [-0.15, -0.1) is 5.70 Å². The summed E-state index contributed by atoms with van der Waals surface area (Å²) in [5.74, 6) is -0.105. The van der Waals surface area contributed by atoms with Gasteiger partial charge < -0.3 is 4.74 Å². The largest absolute Gasteiger partial charge is 0.465 e. The lowest BCUT2D eigenvalue weighted by atomic mass is 9.97. The van der Waals surface area contributed by atoms with E-state index >= 15 is 0 Å². The van der Waals surface area contributed by atoms with Crippen molar-refractivity contribution in [1.29, 1.82) is 0 Å². The SMILES string of the molecule is C[SiH2]/C=C\CCCOC(=O)C(C)(C)C. The van der Waals surface area contributed by atoms with E-state index in [4.69, 9.17) is 4.74 Å². The summed E-state index contributed by atoms with van der Waals surface area (Å²) in [6.45, 7) is 8.41. The Kier molecular flexibility index (Phi) is 6.54. The molecular formula is C11H22O2Si. The third-order valence-corrected chi connectivity index (χ3v) is 2.57. The first-order valence-electron chi connectivity index (χ1n) is 5.30. The zero-order chi connectivity index (χ0) is 11.0. The summed E-state index contributed by atoms with van der Waals surface area (Å²) < 4.78 is 5.13. The first-order chi connectivity index (χ1) is 6.48. The standard InChI is InChI=1S/C11H22O2Si/c1-11(2,3)10(12)13-8-6-5-7-9-14-4/h7,9H,5-6,8,14H2,1-4H3/b9-7-. The quantitative estimate of drug-likeness (QED) is 0.398. The molecule has 0 amide bonds. The van der Waals surface area contributed by atoms with Gasteiger partial charge in [0.05, 0.1) is 12.0 Å². The van der Waals surface area contributed by atoms with E-state index < -0.39 is 0 Å². The molecule has 0 aliphatic heterocycles. The Labute approximate surface area is 89.5 Å². The molecule has 3 heteroatoms. The fourth-order valence-electron chi connectivity index (χ4n) is 0.867. The van der Waals surface area contributed by atoms with Gasteiger partial charge >= 0.3 is 5.97 Å². The molecule has 0 N–H and O–H groups in total. The molecule has 0 radical (unpaired) electrons. The summed E-state index contributed by atoms with van der Waals surface area (Å²) in [6, 6.07) is 0. The molecule has 0 aliphatic carbocycles. The van der Waals surface area contributed by atoms with Crippen molar-refractivity contribution in [3.05, 3.63) is 11.8 Å². The Hall–Kier alpha value is -0.573. The molecule has 0 aromatic carbocycles. The van der Waals surface area contributed by atoms with Crippen LogP contribution in [0.25, 0.3) is 0 Å². The van der Waals surface area contributed by atoms with Gasteiger partial charge in [-0.2, -0.15) is 0 Å². The van der Waals surface area contributed by atoms with E-state index in [1.807, 2.05) is 20.8 Å². The number of esters is 1. The van der Waals surface area contributed by atoms with Gasteiger partial charge in [-0.3, -0.25) is 4.79 Å². The van der Waals surface area contributed by atoms with Crippen LogP contribution in [0.1, 0.15) is 33.6 Å². The molecular weight excluding hydrogens is 192 g/mol. The highest BCUT2D eigenvalue weighted by molar-refractivity contribution is 6.40. The van der Waals surface area contributed by atoms with Gasteiger partial charge in [0.1, 0.15) is 0 Å². The number of unbranched alkanes of at least 4 members (excludes halogenated alkanes) is 1. The second-order valence-electron chi connectivity index (χ2n) is 4.41. The molecule has 0 bridgehead atoms. The van der Waals surface area contributed by atoms with Crippen LogP contribution in [0.2, 0.25) is 6.55 Å². The van der Waals surface area contributed by atoms with Gasteiger partial charge in [-0.1, -0.05) is 12.6 Å². The molecule has 14 heavy (non-hydrogen) atoms. The molecule has 0 atom stereocenters. The van der Waals surface area contributed by atoms with Crippen molar-refractivity contribution in [2.45, 2.75) is 40.2 Å². The highest BCUT2D eigenvalue weighted by atomic mass is 28.2. The highest BCUT2D eigenvalue weighted by Crippen LogP contribution is 2.15. The number of allylic oxidation sites excluding steroid dienone is 1. The van der Waals surface area contributed by atoms with Crippen LogP contribution in [0.15, 0.2) is 11.8 Å². The average Bonchev–Trinajstić information content (AvgIpc) is 2.09. The third-order valence-electron chi connectivity index (χ3n) is 1.76. The maximum atomic E-state index is 11.3. The smallest absolute Gasteiger partial charge is 0.311 e. The molecule has 0 aromatic heterocycles. The summed E-state index contributed by atoms with van der Waals surface area (Å²) >= 11 is 0. The number of carbonyl (C=O) groups excluding carboxylic acids is 1. The van der Waals surface area contributed by atoms with Crippen LogP contribution in [-0.2, 0) is 9.53 Å². The van der Waals surface area contributed by atoms with Crippen LogP contribution in [0.3, 0.4) is 0 Å². The lowest BCUT2D eigenvalue weighted by molar-refractivity contribution is -0.152. The predicted octanol–water partition coefficient (Wildman–Crippen LogP) is 2.09. The monoisotopic (exact) mass is 214 g/mol. The molecule has 0 unspecified atom stereocenters. The molecule has 2 nitrogen and oxygen atoms in total. The predicted molar refractivity (Wildman–Crippen MR) is 63.2 cm³/mol. The van der Waals surface area contributed by atoms with Gasteiger partial charge in [0.15, 0.2) is 0 Å². The number of carbonyl (C=O) groups is 1. The van der Waals surface area contributed by atoms with Crippen LogP contribution in [-0.4, -0.2) is 22.1 Å². The van der Waals surface area contributed by atoms with Crippen molar-refractivity contribution in [3.8, 4) is 0 Å². The summed E-state index contributed by atoms with van der Waals surface area (Å²) in [5, 5.41) is 0. The molecule has 0 saturated heterocycles. The Morgan fingerprint density at radius 3 is 2.57 bits per heavy atom. The van der Waals surface area contributed by atoms with Crippen LogP contribution in [0, 0.1) is 5.41 Å². The zero-order valence-corrected chi connectivity index (χ0v) is 11.2. The van der Waals surface area contributed by atoms with Gasteiger partial charge in [0.2, 0.25) is 0 Å². The van der Waals surface area contributed by atoms with Gasteiger partial charge in [0, 0.05) is 9.52 Å². The second-order valence-corrected chi connectivity index (χ2v) is 5.70. The zero-order valence-electron chi connectivity index (χ0n) is 9.80. The van der Waals surface area contributed by atoms with Crippen LogP contribution in [0.4, 0.5) is 0 Å². The minimum atomic E-state index is -0.369. The third kappa shape index (κ3) is 6.89. The van der Waals surface area contributed by atoms with Gasteiger partial charge in [0.25, 0.3) is 0 Å². The van der Waals surface area contributed by atoms with E-state index in [0.29, 0.717) is 6.61 Å². The van der Waals surface area contributed by atoms with E-state index in [1.165, 1.54) is 0 Å². The molecule has 0 fully saturated rings. The maximum absolute atomic E-state index is 11.3. The fourth-order valence-corrected chi connectivity index (χ4v) is 1.44. The van der Waals surface area contributed by atoms with Gasteiger partial charge in [-0.05, 0) is 33.6 Å². The minimum Gasteiger partial charge on any atom is -0.465 e. The molecule has 0 aliphatic rings.